The third-order valence-corrected chi connectivity index (χ3v) is 4.23. The molecule has 1 aliphatic heterocycles. The molecule has 0 spiro atoms. The summed E-state index contributed by atoms with van der Waals surface area (Å²) in [5.74, 6) is -0.558. The van der Waals surface area contributed by atoms with Crippen LogP contribution in [0.4, 0.5) is 10.1 Å². The van der Waals surface area contributed by atoms with Crippen LogP contribution in [0.25, 0.3) is 11.4 Å². The number of carbonyl (C=O) groups excluding carboxylic acids is 2. The molecule has 0 aliphatic carbocycles. The number of hydrogen-bond acceptors (Lipinski definition) is 6. The molecule has 0 bridgehead atoms. The Balaban J connectivity index is 1.48. The van der Waals surface area contributed by atoms with Crippen molar-refractivity contribution in [3.63, 3.8) is 0 Å². The van der Waals surface area contributed by atoms with Gasteiger partial charge >= 0.3 is 0 Å². The Labute approximate surface area is 165 Å². The van der Waals surface area contributed by atoms with Gasteiger partial charge in [0.15, 0.2) is 0 Å². The average Bonchev–Trinajstić information content (AvgIpc) is 3.21. The van der Waals surface area contributed by atoms with Gasteiger partial charge < -0.3 is 9.84 Å². The number of rotatable bonds is 5. The van der Waals surface area contributed by atoms with Crippen LogP contribution in [0.2, 0.25) is 0 Å². The fourth-order valence-corrected chi connectivity index (χ4v) is 2.79. The molecule has 0 saturated heterocycles. The number of nitrogens with zero attached hydrogens (tertiary/aromatic N) is 4. The van der Waals surface area contributed by atoms with Crippen molar-refractivity contribution in [1.82, 2.24) is 15.1 Å². The van der Waals surface area contributed by atoms with Crippen molar-refractivity contribution in [1.29, 1.82) is 0 Å². The highest BCUT2D eigenvalue weighted by Crippen LogP contribution is 2.19. The van der Waals surface area contributed by atoms with Crippen molar-refractivity contribution in [2.45, 2.75) is 12.8 Å². The van der Waals surface area contributed by atoms with Crippen LogP contribution in [0.3, 0.4) is 0 Å². The number of carbonyl (C=O) groups is 2. The Morgan fingerprint density at radius 3 is 2.62 bits per heavy atom. The molecular formula is C20H16FN5O3. The molecule has 1 N–H and O–H groups in total. The van der Waals surface area contributed by atoms with Gasteiger partial charge in [-0.3, -0.25) is 9.59 Å². The van der Waals surface area contributed by atoms with Gasteiger partial charge in [-0.25, -0.2) is 9.40 Å². The lowest BCUT2D eigenvalue weighted by molar-refractivity contribution is -0.135. The second-order valence-corrected chi connectivity index (χ2v) is 6.34. The third kappa shape index (κ3) is 4.34. The molecule has 29 heavy (non-hydrogen) atoms. The average molecular weight is 393 g/mol. The molecule has 4 rings (SSSR count). The van der Waals surface area contributed by atoms with Gasteiger partial charge in [-0.1, -0.05) is 23.4 Å². The molecule has 1 aliphatic rings. The number of anilines is 1. The van der Waals surface area contributed by atoms with E-state index in [4.69, 9.17) is 4.52 Å². The zero-order valence-electron chi connectivity index (χ0n) is 15.2. The quantitative estimate of drug-likeness (QED) is 0.718. The highest BCUT2D eigenvalue weighted by molar-refractivity contribution is 6.02. The standard InChI is InChI=1S/C20H16FN5O3/c21-14-8-6-13(7-9-14)19-23-20(29-25-19)16-10-11-18(28)26(24-16)12-17(27)22-15-4-2-1-3-5-15/h1-9H,10-12H2,(H,22,27). The monoisotopic (exact) mass is 393 g/mol. The minimum absolute atomic E-state index is 0.158. The molecule has 9 heteroatoms. The van der Waals surface area contributed by atoms with Crippen LogP contribution < -0.4 is 5.32 Å². The molecular weight excluding hydrogens is 377 g/mol. The van der Waals surface area contributed by atoms with E-state index in [-0.39, 0.29) is 42.3 Å². The molecule has 2 heterocycles. The Morgan fingerprint density at radius 2 is 1.86 bits per heavy atom. The number of hydrazone groups is 1. The lowest BCUT2D eigenvalue weighted by Gasteiger charge is -2.21. The van der Waals surface area contributed by atoms with E-state index in [1.54, 1.807) is 24.3 Å². The largest absolute Gasteiger partial charge is 0.332 e. The zero-order valence-corrected chi connectivity index (χ0v) is 15.2. The van der Waals surface area contributed by atoms with Crippen LogP contribution >= 0.6 is 0 Å². The summed E-state index contributed by atoms with van der Waals surface area (Å²) < 4.78 is 18.3. The first-order chi connectivity index (χ1) is 14.1. The topological polar surface area (TPSA) is 101 Å². The van der Waals surface area contributed by atoms with Crippen LogP contribution in [0.15, 0.2) is 64.2 Å². The highest BCUT2D eigenvalue weighted by atomic mass is 19.1. The van der Waals surface area contributed by atoms with Gasteiger partial charge in [-0.2, -0.15) is 10.1 Å². The predicted octanol–water partition coefficient (Wildman–Crippen LogP) is 2.84. The molecule has 3 aromatic rings. The number of hydrogen-bond donors (Lipinski definition) is 1. The Morgan fingerprint density at radius 1 is 1.10 bits per heavy atom. The summed E-state index contributed by atoms with van der Waals surface area (Å²) in [7, 11) is 0. The van der Waals surface area contributed by atoms with Crippen molar-refractivity contribution in [2.24, 2.45) is 5.10 Å². The lowest BCUT2D eigenvalue weighted by Crippen LogP contribution is -2.38. The molecule has 0 unspecified atom stereocenters. The van der Waals surface area contributed by atoms with Gasteiger partial charge in [-0.05, 0) is 36.4 Å². The Bertz CT molecular complexity index is 1060. The summed E-state index contributed by atoms with van der Waals surface area (Å²) in [6.07, 6.45) is 0.492. The van der Waals surface area contributed by atoms with Gasteiger partial charge in [0.1, 0.15) is 18.1 Å². The summed E-state index contributed by atoms with van der Waals surface area (Å²) in [4.78, 5) is 28.7. The predicted molar refractivity (Wildman–Crippen MR) is 102 cm³/mol. The minimum atomic E-state index is -0.368. The molecule has 2 aromatic carbocycles. The van der Waals surface area contributed by atoms with Crippen LogP contribution in [0, 0.1) is 5.82 Å². The Kier molecular flexibility index (Phi) is 5.10. The maximum absolute atomic E-state index is 13.1. The van der Waals surface area contributed by atoms with Gasteiger partial charge in [0.2, 0.25) is 17.6 Å². The van der Waals surface area contributed by atoms with Gasteiger partial charge in [0.25, 0.3) is 5.89 Å². The number of para-hydroxylation sites is 1. The number of halogens is 1. The van der Waals surface area contributed by atoms with E-state index in [9.17, 15) is 14.0 Å². The summed E-state index contributed by atoms with van der Waals surface area (Å²) in [6.45, 7) is -0.226. The van der Waals surface area contributed by atoms with E-state index in [1.165, 1.54) is 24.3 Å². The van der Waals surface area contributed by atoms with Crippen LogP contribution in [0.1, 0.15) is 18.7 Å². The first-order valence-electron chi connectivity index (χ1n) is 8.91. The van der Waals surface area contributed by atoms with Crippen molar-refractivity contribution in [3.8, 4) is 11.4 Å². The van der Waals surface area contributed by atoms with E-state index < -0.39 is 0 Å². The Hall–Kier alpha value is -3.88. The summed E-state index contributed by atoms with van der Waals surface area (Å²) in [6, 6.07) is 14.6. The summed E-state index contributed by atoms with van der Waals surface area (Å²) >= 11 is 0. The molecule has 146 valence electrons. The second-order valence-electron chi connectivity index (χ2n) is 6.34. The molecule has 0 saturated carbocycles. The minimum Gasteiger partial charge on any atom is -0.332 e. The van der Waals surface area contributed by atoms with Gasteiger partial charge in [0, 0.05) is 24.1 Å². The van der Waals surface area contributed by atoms with E-state index >= 15 is 0 Å². The zero-order chi connectivity index (χ0) is 20.2. The summed E-state index contributed by atoms with van der Waals surface area (Å²) in [5, 5.41) is 11.9. The second kappa shape index (κ2) is 8.01. The molecule has 2 amide bonds. The first kappa shape index (κ1) is 18.5. The van der Waals surface area contributed by atoms with E-state index in [2.05, 4.69) is 20.6 Å². The highest BCUT2D eigenvalue weighted by Gasteiger charge is 2.26. The van der Waals surface area contributed by atoms with E-state index in [0.717, 1.165) is 5.01 Å². The normalized spacial score (nSPS) is 13.9. The lowest BCUT2D eigenvalue weighted by atomic mass is 10.1. The van der Waals surface area contributed by atoms with Crippen molar-refractivity contribution >= 4 is 23.2 Å². The maximum Gasteiger partial charge on any atom is 0.274 e. The number of amides is 2. The summed E-state index contributed by atoms with van der Waals surface area (Å²) in [5.41, 5.74) is 1.64. The van der Waals surface area contributed by atoms with Gasteiger partial charge in [0.05, 0.1) is 0 Å². The third-order valence-electron chi connectivity index (χ3n) is 4.23. The molecule has 0 fully saturated rings. The maximum atomic E-state index is 13.1. The van der Waals surface area contributed by atoms with Crippen molar-refractivity contribution in [3.05, 3.63) is 66.3 Å². The van der Waals surface area contributed by atoms with E-state index in [1.807, 2.05) is 6.07 Å². The van der Waals surface area contributed by atoms with Crippen molar-refractivity contribution < 1.29 is 18.5 Å². The molecule has 8 nitrogen and oxygen atoms in total. The van der Waals surface area contributed by atoms with Crippen LogP contribution in [-0.4, -0.2) is 39.2 Å². The fraction of sp³-hybridized carbons (Fsp3) is 0.150. The number of aromatic nitrogens is 2. The molecule has 0 radical (unpaired) electrons. The number of nitrogens with one attached hydrogen (secondary N) is 1. The van der Waals surface area contributed by atoms with Gasteiger partial charge in [-0.15, -0.1) is 0 Å². The molecule has 0 atom stereocenters. The first-order valence-corrected chi connectivity index (χ1v) is 8.91. The van der Waals surface area contributed by atoms with Crippen LogP contribution in [-0.2, 0) is 9.59 Å². The fourth-order valence-electron chi connectivity index (χ4n) is 2.79. The molecule has 1 aromatic heterocycles. The van der Waals surface area contributed by atoms with Crippen molar-refractivity contribution in [2.75, 3.05) is 11.9 Å². The van der Waals surface area contributed by atoms with E-state index in [0.29, 0.717) is 23.4 Å². The number of benzene rings is 2. The SMILES string of the molecule is O=C(CN1N=C(c2nc(-c3ccc(F)cc3)no2)CCC1=O)Nc1ccccc1. The smallest absolute Gasteiger partial charge is 0.274 e. The van der Waals surface area contributed by atoms with Crippen LogP contribution in [0.5, 0.6) is 0 Å².